The lowest BCUT2D eigenvalue weighted by Crippen LogP contribution is -2.59. The van der Waals surface area contributed by atoms with Crippen molar-refractivity contribution in [3.8, 4) is 6.07 Å². The predicted octanol–water partition coefficient (Wildman–Crippen LogP) is 4.78. The first-order valence-electron chi connectivity index (χ1n) is 12.2. The third-order valence-corrected chi connectivity index (χ3v) is 7.39. The van der Waals surface area contributed by atoms with E-state index < -0.39 is 12.2 Å². The summed E-state index contributed by atoms with van der Waals surface area (Å²) in [5, 5.41) is 13.7. The molecule has 0 radical (unpaired) electrons. The number of nitriles is 1. The highest BCUT2D eigenvalue weighted by atomic mass is 19.3. The van der Waals surface area contributed by atoms with Gasteiger partial charge in [0, 0.05) is 49.9 Å². The van der Waals surface area contributed by atoms with Crippen LogP contribution in [0.1, 0.15) is 57.2 Å². The van der Waals surface area contributed by atoms with E-state index in [1.54, 1.807) is 19.3 Å². The van der Waals surface area contributed by atoms with Crippen molar-refractivity contribution in [2.45, 2.75) is 64.7 Å². The molecule has 1 aliphatic rings. The molecule has 3 heterocycles. The SMILES string of the molecule is CC[C@H]1CN([C@H](C)c2ccc(F)cc2C(F)F)[C@H](CC)CN1c1cc(=O)n(C)c2cn(CC#N)nc12. The molecule has 3 aromatic rings. The van der Waals surface area contributed by atoms with Crippen molar-refractivity contribution >= 4 is 16.7 Å². The van der Waals surface area contributed by atoms with Gasteiger partial charge in [-0.1, -0.05) is 19.9 Å². The normalized spacial score (nSPS) is 19.7. The van der Waals surface area contributed by atoms with Crippen molar-refractivity contribution in [2.24, 2.45) is 7.05 Å². The third kappa shape index (κ3) is 4.60. The fraction of sp³-hybridized carbons (Fsp3) is 0.500. The lowest BCUT2D eigenvalue weighted by atomic mass is 9.94. The van der Waals surface area contributed by atoms with Gasteiger partial charge >= 0.3 is 0 Å². The fourth-order valence-electron chi connectivity index (χ4n) is 5.36. The van der Waals surface area contributed by atoms with Crippen LogP contribution in [-0.2, 0) is 13.6 Å². The molecule has 0 aliphatic carbocycles. The average molecular weight is 501 g/mol. The molecular formula is C26H31F3N6O. The molecule has 1 aliphatic heterocycles. The zero-order valence-corrected chi connectivity index (χ0v) is 21.0. The van der Waals surface area contributed by atoms with Crippen molar-refractivity contribution in [3.63, 3.8) is 0 Å². The average Bonchev–Trinajstić information content (AvgIpc) is 3.29. The molecule has 0 amide bonds. The van der Waals surface area contributed by atoms with Gasteiger partial charge in [0.15, 0.2) is 0 Å². The van der Waals surface area contributed by atoms with Gasteiger partial charge in [-0.05, 0) is 37.5 Å². The smallest absolute Gasteiger partial charge is 0.264 e. The molecule has 7 nitrogen and oxygen atoms in total. The number of anilines is 1. The molecule has 0 N–H and O–H groups in total. The summed E-state index contributed by atoms with van der Waals surface area (Å²) in [7, 11) is 1.68. The van der Waals surface area contributed by atoms with Crippen LogP contribution >= 0.6 is 0 Å². The fourth-order valence-corrected chi connectivity index (χ4v) is 5.36. The minimum Gasteiger partial charge on any atom is -0.364 e. The summed E-state index contributed by atoms with van der Waals surface area (Å²) < 4.78 is 44.3. The maximum atomic E-state index is 13.8. The monoisotopic (exact) mass is 500 g/mol. The van der Waals surface area contributed by atoms with Gasteiger partial charge in [0.1, 0.15) is 17.9 Å². The number of halogens is 3. The second kappa shape index (κ2) is 10.3. The Morgan fingerprint density at radius 3 is 2.50 bits per heavy atom. The number of rotatable bonds is 7. The minimum atomic E-state index is -2.76. The van der Waals surface area contributed by atoms with Gasteiger partial charge in [-0.25, -0.2) is 13.2 Å². The molecule has 192 valence electrons. The Morgan fingerprint density at radius 1 is 1.14 bits per heavy atom. The number of fused-ring (bicyclic) bond motifs is 1. The van der Waals surface area contributed by atoms with Crippen molar-refractivity contribution in [3.05, 3.63) is 57.8 Å². The molecule has 1 saturated heterocycles. The second-order valence-electron chi connectivity index (χ2n) is 9.37. The number of nitrogens with zero attached hydrogens (tertiary/aromatic N) is 6. The van der Waals surface area contributed by atoms with Crippen molar-refractivity contribution in [1.29, 1.82) is 5.26 Å². The van der Waals surface area contributed by atoms with Crippen LogP contribution in [0.2, 0.25) is 0 Å². The van der Waals surface area contributed by atoms with Crippen LogP contribution in [0.4, 0.5) is 18.9 Å². The van der Waals surface area contributed by atoms with Gasteiger partial charge in [-0.3, -0.25) is 14.4 Å². The first kappa shape index (κ1) is 25.8. The molecule has 10 heteroatoms. The van der Waals surface area contributed by atoms with Crippen LogP contribution in [0.15, 0.2) is 35.3 Å². The molecule has 1 fully saturated rings. The topological polar surface area (TPSA) is 70.1 Å². The molecule has 2 aromatic heterocycles. The van der Waals surface area contributed by atoms with Crippen LogP contribution < -0.4 is 10.5 Å². The Kier molecular flexibility index (Phi) is 7.41. The van der Waals surface area contributed by atoms with E-state index in [9.17, 15) is 18.0 Å². The summed E-state index contributed by atoms with van der Waals surface area (Å²) in [6.45, 7) is 7.25. The number of alkyl halides is 2. The number of hydrogen-bond donors (Lipinski definition) is 0. The second-order valence-corrected chi connectivity index (χ2v) is 9.37. The van der Waals surface area contributed by atoms with Crippen LogP contribution in [0.25, 0.3) is 11.0 Å². The van der Waals surface area contributed by atoms with E-state index in [-0.39, 0.29) is 35.8 Å². The van der Waals surface area contributed by atoms with Crippen molar-refractivity contribution in [1.82, 2.24) is 19.2 Å². The molecule has 0 bridgehead atoms. The number of piperazine rings is 1. The van der Waals surface area contributed by atoms with E-state index in [0.29, 0.717) is 29.7 Å². The van der Waals surface area contributed by atoms with Gasteiger partial charge < -0.3 is 9.47 Å². The highest BCUT2D eigenvalue weighted by Gasteiger charge is 2.37. The molecular weight excluding hydrogens is 469 g/mol. The largest absolute Gasteiger partial charge is 0.364 e. The van der Waals surface area contributed by atoms with E-state index in [4.69, 9.17) is 5.26 Å². The van der Waals surface area contributed by atoms with Crippen molar-refractivity contribution in [2.75, 3.05) is 18.0 Å². The van der Waals surface area contributed by atoms with E-state index in [2.05, 4.69) is 34.8 Å². The van der Waals surface area contributed by atoms with Gasteiger partial charge in [-0.15, -0.1) is 0 Å². The van der Waals surface area contributed by atoms with Crippen LogP contribution in [-0.4, -0.2) is 44.4 Å². The maximum Gasteiger partial charge on any atom is 0.264 e. The Balaban J connectivity index is 1.74. The molecule has 3 atom stereocenters. The Morgan fingerprint density at radius 2 is 1.86 bits per heavy atom. The van der Waals surface area contributed by atoms with Crippen molar-refractivity contribution < 1.29 is 13.2 Å². The first-order chi connectivity index (χ1) is 17.2. The van der Waals surface area contributed by atoms with Crippen LogP contribution in [0, 0.1) is 17.1 Å². The van der Waals surface area contributed by atoms with Gasteiger partial charge in [0.25, 0.3) is 12.0 Å². The number of hydrogen-bond acceptors (Lipinski definition) is 5. The van der Waals surface area contributed by atoms with E-state index in [1.807, 2.05) is 6.92 Å². The zero-order valence-electron chi connectivity index (χ0n) is 21.0. The Hall–Kier alpha value is -3.32. The van der Waals surface area contributed by atoms with E-state index in [0.717, 1.165) is 24.6 Å². The van der Waals surface area contributed by atoms with Gasteiger partial charge in [0.05, 0.1) is 23.5 Å². The molecule has 1 aromatic carbocycles. The molecule has 0 saturated carbocycles. The lowest BCUT2D eigenvalue weighted by molar-refractivity contribution is 0.0958. The number of pyridine rings is 1. The summed E-state index contributed by atoms with van der Waals surface area (Å²) in [6, 6.07) is 6.98. The summed E-state index contributed by atoms with van der Waals surface area (Å²) in [5.41, 5.74) is 2.02. The van der Waals surface area contributed by atoms with Crippen LogP contribution in [0.5, 0.6) is 0 Å². The highest BCUT2D eigenvalue weighted by Crippen LogP contribution is 2.37. The molecule has 0 spiro atoms. The van der Waals surface area contributed by atoms with Gasteiger partial charge in [0.2, 0.25) is 0 Å². The van der Waals surface area contributed by atoms with Gasteiger partial charge in [-0.2, -0.15) is 10.4 Å². The molecule has 36 heavy (non-hydrogen) atoms. The standard InChI is InChI=1S/C26H31F3N6O/c1-5-18-14-35(22-12-24(36)32(4)23-15-33(10-9-30)31-25(22)23)19(6-2)13-34(18)16(3)20-8-7-17(27)11-21(20)26(28)29/h7-8,11-12,15-16,18-19,26H,5-6,10,13-14H2,1-4H3/t16-,18-,19+/m1/s1. The molecule has 4 rings (SSSR count). The third-order valence-electron chi connectivity index (χ3n) is 7.39. The van der Waals surface area contributed by atoms with E-state index >= 15 is 0 Å². The number of benzene rings is 1. The predicted molar refractivity (Wildman–Crippen MR) is 133 cm³/mol. The minimum absolute atomic E-state index is 0.00196. The highest BCUT2D eigenvalue weighted by molar-refractivity contribution is 5.88. The Bertz CT molecular complexity index is 1340. The Labute approximate surface area is 208 Å². The summed E-state index contributed by atoms with van der Waals surface area (Å²) >= 11 is 0. The maximum absolute atomic E-state index is 13.8. The molecule has 0 unspecified atom stereocenters. The first-order valence-corrected chi connectivity index (χ1v) is 12.2. The summed E-state index contributed by atoms with van der Waals surface area (Å²) in [6.07, 6.45) is 0.471. The summed E-state index contributed by atoms with van der Waals surface area (Å²) in [4.78, 5) is 17.2. The lowest BCUT2D eigenvalue weighted by Gasteiger charge is -2.49. The quantitative estimate of drug-likeness (QED) is 0.467. The van der Waals surface area contributed by atoms with Crippen LogP contribution in [0.3, 0.4) is 0 Å². The summed E-state index contributed by atoms with van der Waals surface area (Å²) in [5.74, 6) is -0.671. The van der Waals surface area contributed by atoms with E-state index in [1.165, 1.54) is 21.4 Å². The number of aryl methyl sites for hydroxylation is 1. The zero-order chi connectivity index (χ0) is 26.1. The number of aromatic nitrogens is 3.